The quantitative estimate of drug-likeness (QED) is 0.595. The van der Waals surface area contributed by atoms with Gasteiger partial charge in [-0.3, -0.25) is 4.79 Å². The molecule has 0 spiro atoms. The van der Waals surface area contributed by atoms with Crippen LogP contribution in [-0.2, 0) is 4.79 Å². The van der Waals surface area contributed by atoms with Gasteiger partial charge in [0.1, 0.15) is 0 Å². The van der Waals surface area contributed by atoms with Crippen LogP contribution in [0.4, 0.5) is 0 Å². The molecule has 0 N–H and O–H groups in total. The first-order valence-electron chi connectivity index (χ1n) is 5.14. The van der Waals surface area contributed by atoms with Gasteiger partial charge in [-0.15, -0.1) is 11.8 Å². The first-order chi connectivity index (χ1) is 6.20. The third kappa shape index (κ3) is 1.58. The van der Waals surface area contributed by atoms with Gasteiger partial charge in [-0.25, -0.2) is 0 Å². The first-order valence-corrected chi connectivity index (χ1v) is 6.19. The molecule has 3 heteroatoms. The van der Waals surface area contributed by atoms with Crippen molar-refractivity contribution in [3.63, 3.8) is 0 Å². The van der Waals surface area contributed by atoms with Gasteiger partial charge in [-0.2, -0.15) is 0 Å². The minimum absolute atomic E-state index is 0.248. The number of amides is 1. The zero-order valence-electron chi connectivity index (χ0n) is 8.32. The molecule has 0 bridgehead atoms. The number of rotatable bonds is 0. The molecule has 3 atom stereocenters. The molecule has 2 rings (SSSR count). The van der Waals surface area contributed by atoms with Gasteiger partial charge in [-0.05, 0) is 31.9 Å². The average molecular weight is 199 g/mol. The summed E-state index contributed by atoms with van der Waals surface area (Å²) in [5.74, 6) is 1.79. The molecule has 2 nitrogen and oxygen atoms in total. The number of carbonyl (C=O) groups excluding carboxylic acids is 1. The van der Waals surface area contributed by atoms with Crippen LogP contribution in [0.3, 0.4) is 0 Å². The van der Waals surface area contributed by atoms with Crippen LogP contribution in [0.5, 0.6) is 0 Å². The molecule has 2 saturated heterocycles. The zero-order chi connectivity index (χ0) is 9.42. The normalized spacial score (nSPS) is 40.3. The highest BCUT2D eigenvalue weighted by molar-refractivity contribution is 7.99. The van der Waals surface area contributed by atoms with Gasteiger partial charge in [0, 0.05) is 12.0 Å². The molecule has 0 aromatic heterocycles. The lowest BCUT2D eigenvalue weighted by Crippen LogP contribution is -2.40. The highest BCUT2D eigenvalue weighted by Gasteiger charge is 2.38. The van der Waals surface area contributed by atoms with Crippen LogP contribution in [0.15, 0.2) is 0 Å². The van der Waals surface area contributed by atoms with Crippen molar-refractivity contribution < 1.29 is 4.79 Å². The first kappa shape index (κ1) is 9.38. The Kier molecular flexibility index (Phi) is 2.54. The van der Waals surface area contributed by atoms with Gasteiger partial charge >= 0.3 is 0 Å². The summed E-state index contributed by atoms with van der Waals surface area (Å²) in [4.78, 5) is 14.1. The second-order valence-electron chi connectivity index (χ2n) is 4.19. The predicted molar refractivity (Wildman–Crippen MR) is 55.6 cm³/mol. The van der Waals surface area contributed by atoms with Gasteiger partial charge < -0.3 is 4.90 Å². The fourth-order valence-electron chi connectivity index (χ4n) is 2.23. The highest BCUT2D eigenvalue weighted by atomic mass is 32.2. The Morgan fingerprint density at radius 2 is 2.08 bits per heavy atom. The molecule has 0 aromatic rings. The summed E-state index contributed by atoms with van der Waals surface area (Å²) in [5.41, 5.74) is 0. The van der Waals surface area contributed by atoms with E-state index in [0.29, 0.717) is 17.3 Å². The molecule has 0 aliphatic carbocycles. The van der Waals surface area contributed by atoms with Crippen molar-refractivity contribution in [1.82, 2.24) is 4.90 Å². The molecular weight excluding hydrogens is 182 g/mol. The fraction of sp³-hybridized carbons (Fsp3) is 0.900. The van der Waals surface area contributed by atoms with Crippen LogP contribution in [0.2, 0.25) is 0 Å². The van der Waals surface area contributed by atoms with E-state index in [-0.39, 0.29) is 5.92 Å². The molecule has 2 heterocycles. The van der Waals surface area contributed by atoms with E-state index < -0.39 is 0 Å². The molecular formula is C10H17NOS. The summed E-state index contributed by atoms with van der Waals surface area (Å²) in [6, 6.07) is 0.477. The molecule has 2 aliphatic rings. The second kappa shape index (κ2) is 3.52. The van der Waals surface area contributed by atoms with Crippen LogP contribution in [0, 0.1) is 5.92 Å². The highest BCUT2D eigenvalue weighted by Crippen LogP contribution is 2.36. The van der Waals surface area contributed by atoms with Crippen LogP contribution in [-0.4, -0.2) is 28.0 Å². The average Bonchev–Trinajstić information content (AvgIpc) is 2.39. The smallest absolute Gasteiger partial charge is 0.226 e. The third-order valence-electron chi connectivity index (χ3n) is 3.15. The van der Waals surface area contributed by atoms with E-state index in [1.54, 1.807) is 0 Å². The van der Waals surface area contributed by atoms with Crippen LogP contribution in [0.1, 0.15) is 33.1 Å². The van der Waals surface area contributed by atoms with Crippen molar-refractivity contribution in [2.75, 3.05) is 5.75 Å². The Labute approximate surface area is 84.1 Å². The lowest BCUT2D eigenvalue weighted by molar-refractivity contribution is -0.135. The number of nitrogens with zero attached hydrogens (tertiary/aromatic N) is 1. The summed E-state index contributed by atoms with van der Waals surface area (Å²) in [6.07, 6.45) is 3.45. The van der Waals surface area contributed by atoms with Crippen LogP contribution < -0.4 is 0 Å². The number of fused-ring (bicyclic) bond motifs is 1. The standard InChI is InChI=1S/C10H17NOS/c1-7-5-6-13-9-4-3-8(2)11(9)10(7)12/h7-9H,3-6H2,1-2H3/t7-,8+,9-/m0/s1. The maximum Gasteiger partial charge on any atom is 0.226 e. The summed E-state index contributed by atoms with van der Waals surface area (Å²) in [6.45, 7) is 4.24. The van der Waals surface area contributed by atoms with E-state index in [1.165, 1.54) is 12.8 Å². The van der Waals surface area contributed by atoms with Crippen molar-refractivity contribution >= 4 is 17.7 Å². The SMILES string of the molecule is C[C@@H]1CC[C@@H]2SCC[C@H](C)C(=O)N12. The lowest BCUT2D eigenvalue weighted by atomic mass is 10.1. The number of thioether (sulfide) groups is 1. The van der Waals surface area contributed by atoms with E-state index >= 15 is 0 Å². The van der Waals surface area contributed by atoms with Crippen molar-refractivity contribution in [1.29, 1.82) is 0 Å². The van der Waals surface area contributed by atoms with Gasteiger partial charge in [0.05, 0.1) is 5.37 Å². The van der Waals surface area contributed by atoms with E-state index in [0.717, 1.165) is 12.2 Å². The number of hydrogen-bond acceptors (Lipinski definition) is 2. The molecule has 0 unspecified atom stereocenters. The molecule has 2 aliphatic heterocycles. The van der Waals surface area contributed by atoms with Crippen LogP contribution >= 0.6 is 11.8 Å². The molecule has 0 saturated carbocycles. The monoisotopic (exact) mass is 199 g/mol. The number of carbonyl (C=O) groups is 1. The zero-order valence-corrected chi connectivity index (χ0v) is 9.14. The van der Waals surface area contributed by atoms with Gasteiger partial charge in [0.2, 0.25) is 5.91 Å². The Morgan fingerprint density at radius 3 is 2.85 bits per heavy atom. The van der Waals surface area contributed by atoms with Crippen molar-refractivity contribution in [2.24, 2.45) is 5.92 Å². The minimum Gasteiger partial charge on any atom is -0.328 e. The van der Waals surface area contributed by atoms with Gasteiger partial charge in [-0.1, -0.05) is 6.92 Å². The van der Waals surface area contributed by atoms with Crippen molar-refractivity contribution in [2.45, 2.75) is 44.5 Å². The summed E-state index contributed by atoms with van der Waals surface area (Å²) in [7, 11) is 0. The molecule has 74 valence electrons. The molecule has 0 radical (unpaired) electrons. The summed E-state index contributed by atoms with van der Waals surface area (Å²) < 4.78 is 0. The molecule has 13 heavy (non-hydrogen) atoms. The van der Waals surface area contributed by atoms with E-state index in [2.05, 4.69) is 18.7 Å². The Hall–Kier alpha value is -0.180. The largest absolute Gasteiger partial charge is 0.328 e. The maximum absolute atomic E-state index is 11.9. The second-order valence-corrected chi connectivity index (χ2v) is 5.47. The van der Waals surface area contributed by atoms with E-state index in [1.807, 2.05) is 11.8 Å². The Morgan fingerprint density at radius 1 is 1.31 bits per heavy atom. The molecule has 0 aromatic carbocycles. The maximum atomic E-state index is 11.9. The molecule has 2 fully saturated rings. The van der Waals surface area contributed by atoms with Crippen molar-refractivity contribution in [3.05, 3.63) is 0 Å². The molecule has 1 amide bonds. The topological polar surface area (TPSA) is 20.3 Å². The van der Waals surface area contributed by atoms with E-state index in [4.69, 9.17) is 0 Å². The lowest BCUT2D eigenvalue weighted by Gasteiger charge is -2.27. The predicted octanol–water partition coefficient (Wildman–Crippen LogP) is 2.10. The van der Waals surface area contributed by atoms with Gasteiger partial charge in [0.25, 0.3) is 0 Å². The van der Waals surface area contributed by atoms with Crippen molar-refractivity contribution in [3.8, 4) is 0 Å². The third-order valence-corrected chi connectivity index (χ3v) is 4.47. The number of hydrogen-bond donors (Lipinski definition) is 0. The Balaban J connectivity index is 2.18. The van der Waals surface area contributed by atoms with E-state index in [9.17, 15) is 4.79 Å². The van der Waals surface area contributed by atoms with Gasteiger partial charge in [0.15, 0.2) is 0 Å². The van der Waals surface area contributed by atoms with Crippen LogP contribution in [0.25, 0.3) is 0 Å². The summed E-state index contributed by atoms with van der Waals surface area (Å²) >= 11 is 1.97. The summed E-state index contributed by atoms with van der Waals surface area (Å²) in [5, 5.41) is 0.493. The fourth-order valence-corrected chi connectivity index (χ4v) is 3.76. The minimum atomic E-state index is 0.248. The Bertz CT molecular complexity index is 219.